The molecule has 1 N–H and O–H groups in total. The Morgan fingerprint density at radius 1 is 1.24 bits per heavy atom. The number of benzene rings is 1. The first kappa shape index (κ1) is 12.3. The number of anilines is 1. The topological polar surface area (TPSA) is 37.3 Å². The molecule has 1 aromatic carbocycles. The zero-order chi connectivity index (χ0) is 12.1. The van der Waals surface area contributed by atoms with Gasteiger partial charge in [-0.05, 0) is 52.4 Å². The minimum atomic E-state index is 0.444. The molecule has 0 atom stereocenters. The van der Waals surface area contributed by atoms with Gasteiger partial charge < -0.3 is 0 Å². The molecule has 0 radical (unpaired) electrons. The lowest BCUT2D eigenvalue weighted by molar-refractivity contribution is 1.23. The van der Waals surface area contributed by atoms with Crippen LogP contribution in [-0.2, 0) is 0 Å². The van der Waals surface area contributed by atoms with Gasteiger partial charge in [0.15, 0.2) is 0 Å². The molecule has 0 amide bonds. The molecular weight excluding hydrogens is 349 g/mol. The van der Waals surface area contributed by atoms with E-state index < -0.39 is 0 Å². The van der Waals surface area contributed by atoms with Crippen molar-refractivity contribution in [3.05, 3.63) is 56.8 Å². The molecule has 0 unspecified atom stereocenters. The molecule has 0 aliphatic rings. The highest BCUT2D eigenvalue weighted by atomic mass is 127. The monoisotopic (exact) mass is 357 g/mol. The number of hydrogen-bond donors (Lipinski definition) is 1. The van der Waals surface area contributed by atoms with Crippen LogP contribution in [0.3, 0.4) is 0 Å². The number of nitrogens with one attached hydrogen (secondary N) is 1. The van der Waals surface area contributed by atoms with Gasteiger partial charge in [-0.15, -0.1) is 0 Å². The number of halogens is 2. The predicted molar refractivity (Wildman–Crippen MR) is 79.6 cm³/mol. The van der Waals surface area contributed by atoms with Gasteiger partial charge in [-0.2, -0.15) is 5.10 Å². The minimum absolute atomic E-state index is 0.444. The summed E-state index contributed by atoms with van der Waals surface area (Å²) >= 11 is 8.02. The summed E-state index contributed by atoms with van der Waals surface area (Å²) in [7, 11) is 0. The Kier molecular flexibility index (Phi) is 4.33. The number of pyridine rings is 1. The Bertz CT molecular complexity index is 543. The van der Waals surface area contributed by atoms with Crippen LogP contribution < -0.4 is 5.43 Å². The van der Waals surface area contributed by atoms with Crippen molar-refractivity contribution in [2.24, 2.45) is 5.10 Å². The fourth-order valence-corrected chi connectivity index (χ4v) is 1.96. The summed E-state index contributed by atoms with van der Waals surface area (Å²) in [6.45, 7) is 0. The summed E-state index contributed by atoms with van der Waals surface area (Å²) in [4.78, 5) is 4.06. The zero-order valence-corrected chi connectivity index (χ0v) is 11.7. The third kappa shape index (κ3) is 3.98. The van der Waals surface area contributed by atoms with E-state index in [1.807, 2.05) is 30.3 Å². The van der Waals surface area contributed by atoms with Gasteiger partial charge in [0, 0.05) is 3.57 Å². The molecule has 3 nitrogen and oxygen atoms in total. The van der Waals surface area contributed by atoms with Crippen LogP contribution in [0.4, 0.5) is 5.82 Å². The molecule has 2 aromatic rings. The Balaban J connectivity index is 2.03. The standard InChI is InChI=1S/C12H9ClIN3/c13-11-5-2-6-12(16-11)17-15-8-9-3-1-4-10(14)7-9/h1-8H,(H,16,17)/b15-8-. The molecule has 0 fully saturated rings. The van der Waals surface area contributed by atoms with Crippen LogP contribution in [0.1, 0.15) is 5.56 Å². The Morgan fingerprint density at radius 2 is 2.06 bits per heavy atom. The highest BCUT2D eigenvalue weighted by molar-refractivity contribution is 14.1. The van der Waals surface area contributed by atoms with Crippen molar-refractivity contribution in [3.8, 4) is 0 Å². The number of hydrogen-bond acceptors (Lipinski definition) is 3. The zero-order valence-electron chi connectivity index (χ0n) is 8.77. The first-order valence-corrected chi connectivity index (χ1v) is 6.37. The van der Waals surface area contributed by atoms with Crippen LogP contribution in [0, 0.1) is 3.57 Å². The normalized spacial score (nSPS) is 10.7. The van der Waals surface area contributed by atoms with Crippen molar-refractivity contribution < 1.29 is 0 Å². The molecule has 86 valence electrons. The maximum Gasteiger partial charge on any atom is 0.147 e. The van der Waals surface area contributed by atoms with Gasteiger partial charge in [-0.25, -0.2) is 4.98 Å². The molecule has 0 bridgehead atoms. The van der Waals surface area contributed by atoms with Crippen LogP contribution >= 0.6 is 34.2 Å². The SMILES string of the molecule is Clc1cccc(N/N=C\c2cccc(I)c2)n1. The van der Waals surface area contributed by atoms with E-state index in [4.69, 9.17) is 11.6 Å². The van der Waals surface area contributed by atoms with Crippen LogP contribution in [0.25, 0.3) is 0 Å². The number of hydrazone groups is 1. The van der Waals surface area contributed by atoms with Crippen LogP contribution in [0.5, 0.6) is 0 Å². The lowest BCUT2D eigenvalue weighted by Crippen LogP contribution is -1.93. The van der Waals surface area contributed by atoms with E-state index >= 15 is 0 Å². The van der Waals surface area contributed by atoms with Crippen molar-refractivity contribution >= 4 is 46.2 Å². The minimum Gasteiger partial charge on any atom is -0.261 e. The molecule has 0 aliphatic carbocycles. The second kappa shape index (κ2) is 5.97. The fraction of sp³-hybridized carbons (Fsp3) is 0. The van der Waals surface area contributed by atoms with Gasteiger partial charge in [0.2, 0.25) is 0 Å². The van der Waals surface area contributed by atoms with E-state index in [-0.39, 0.29) is 0 Å². The third-order valence-electron chi connectivity index (χ3n) is 1.96. The number of rotatable bonds is 3. The Morgan fingerprint density at radius 3 is 2.82 bits per heavy atom. The van der Waals surface area contributed by atoms with Gasteiger partial charge in [-0.1, -0.05) is 29.8 Å². The molecule has 5 heteroatoms. The van der Waals surface area contributed by atoms with Gasteiger partial charge in [0.05, 0.1) is 6.21 Å². The lowest BCUT2D eigenvalue weighted by atomic mass is 10.2. The lowest BCUT2D eigenvalue weighted by Gasteiger charge is -1.99. The second-order valence-electron chi connectivity index (χ2n) is 3.27. The average molecular weight is 358 g/mol. The molecule has 0 spiro atoms. The molecule has 0 saturated carbocycles. The van der Waals surface area contributed by atoms with Gasteiger partial charge in [0.1, 0.15) is 11.0 Å². The van der Waals surface area contributed by atoms with E-state index in [9.17, 15) is 0 Å². The summed E-state index contributed by atoms with van der Waals surface area (Å²) in [5, 5.41) is 4.54. The van der Waals surface area contributed by atoms with Gasteiger partial charge in [-0.3, -0.25) is 5.43 Å². The summed E-state index contributed by atoms with van der Waals surface area (Å²) < 4.78 is 1.17. The van der Waals surface area contributed by atoms with E-state index in [0.29, 0.717) is 11.0 Å². The number of aromatic nitrogens is 1. The maximum atomic E-state index is 5.76. The molecular formula is C12H9ClIN3. The summed E-state index contributed by atoms with van der Waals surface area (Å²) in [6.07, 6.45) is 1.74. The molecule has 0 aliphatic heterocycles. The maximum absolute atomic E-state index is 5.76. The molecule has 0 saturated heterocycles. The fourth-order valence-electron chi connectivity index (χ4n) is 1.23. The van der Waals surface area contributed by atoms with Crippen LogP contribution in [-0.4, -0.2) is 11.2 Å². The predicted octanol–water partition coefficient (Wildman–Crippen LogP) is 3.79. The second-order valence-corrected chi connectivity index (χ2v) is 4.90. The first-order valence-electron chi connectivity index (χ1n) is 4.91. The van der Waals surface area contributed by atoms with Gasteiger partial charge >= 0.3 is 0 Å². The third-order valence-corrected chi connectivity index (χ3v) is 2.84. The van der Waals surface area contributed by atoms with Crippen LogP contribution in [0.2, 0.25) is 5.15 Å². The average Bonchev–Trinajstić information content (AvgIpc) is 2.29. The van der Waals surface area contributed by atoms with E-state index in [2.05, 4.69) is 38.1 Å². The largest absolute Gasteiger partial charge is 0.261 e. The Hall–Kier alpha value is -1.14. The summed E-state index contributed by atoms with van der Waals surface area (Å²) in [6, 6.07) is 13.4. The van der Waals surface area contributed by atoms with Crippen molar-refractivity contribution in [1.29, 1.82) is 0 Å². The summed E-state index contributed by atoms with van der Waals surface area (Å²) in [5.74, 6) is 0.624. The van der Waals surface area contributed by atoms with Crippen LogP contribution in [0.15, 0.2) is 47.6 Å². The molecule has 1 aromatic heterocycles. The van der Waals surface area contributed by atoms with Crippen molar-refractivity contribution in [3.63, 3.8) is 0 Å². The quantitative estimate of drug-likeness (QED) is 0.393. The van der Waals surface area contributed by atoms with E-state index in [0.717, 1.165) is 5.56 Å². The van der Waals surface area contributed by atoms with Crippen molar-refractivity contribution in [2.75, 3.05) is 5.43 Å². The highest BCUT2D eigenvalue weighted by Crippen LogP contribution is 2.09. The highest BCUT2D eigenvalue weighted by Gasteiger charge is 1.92. The first-order chi connectivity index (χ1) is 8.24. The number of nitrogens with zero attached hydrogens (tertiary/aromatic N) is 2. The smallest absolute Gasteiger partial charge is 0.147 e. The van der Waals surface area contributed by atoms with Crippen molar-refractivity contribution in [1.82, 2.24) is 4.98 Å². The van der Waals surface area contributed by atoms with E-state index in [1.165, 1.54) is 3.57 Å². The Labute approximate surface area is 118 Å². The molecule has 1 heterocycles. The molecule has 17 heavy (non-hydrogen) atoms. The van der Waals surface area contributed by atoms with E-state index in [1.54, 1.807) is 18.3 Å². The molecule has 2 rings (SSSR count). The van der Waals surface area contributed by atoms with Crippen molar-refractivity contribution in [2.45, 2.75) is 0 Å². The van der Waals surface area contributed by atoms with Gasteiger partial charge in [0.25, 0.3) is 0 Å². The summed E-state index contributed by atoms with van der Waals surface area (Å²) in [5.41, 5.74) is 3.86.